The number of piperidine rings is 1. The molecule has 2 aliphatic rings. The normalized spacial score (nSPS) is 17.8. The van der Waals surface area contributed by atoms with Crippen LogP contribution in [-0.4, -0.2) is 86.0 Å². The number of hydrogen-bond donors (Lipinski definition) is 2. The highest BCUT2D eigenvalue weighted by Crippen LogP contribution is 2.33. The topological polar surface area (TPSA) is 141 Å². The Morgan fingerprint density at radius 1 is 1.00 bits per heavy atom. The van der Waals surface area contributed by atoms with Gasteiger partial charge >= 0.3 is 5.97 Å². The number of nitrogens with one attached hydrogen (secondary N) is 1. The van der Waals surface area contributed by atoms with Crippen LogP contribution in [0.1, 0.15) is 35.2 Å². The van der Waals surface area contributed by atoms with Gasteiger partial charge in [-0.2, -0.15) is 0 Å². The second-order valence-electron chi connectivity index (χ2n) is 7.51. The highest BCUT2D eigenvalue weighted by Gasteiger charge is 2.40. The molecule has 0 bridgehead atoms. The molecule has 0 aromatic heterocycles. The van der Waals surface area contributed by atoms with E-state index in [0.29, 0.717) is 50.8 Å². The van der Waals surface area contributed by atoms with Gasteiger partial charge in [0.25, 0.3) is 5.91 Å². The molecule has 1 aromatic carbocycles. The quantitative estimate of drug-likeness (QED) is 0.295. The molecule has 2 heterocycles. The maximum absolute atomic E-state index is 12.8. The molecule has 180 valence electrons. The summed E-state index contributed by atoms with van der Waals surface area (Å²) < 4.78 is 21.7. The molecule has 3 rings (SSSR count). The first-order chi connectivity index (χ1) is 16.0. The van der Waals surface area contributed by atoms with Gasteiger partial charge in [-0.25, -0.2) is 0 Å². The molecule has 2 aliphatic heterocycles. The van der Waals surface area contributed by atoms with Crippen molar-refractivity contribution in [2.75, 3.05) is 46.2 Å². The van der Waals surface area contributed by atoms with Gasteiger partial charge in [-0.1, -0.05) is 6.07 Å². The van der Waals surface area contributed by atoms with Crippen LogP contribution in [0.5, 0.6) is 5.75 Å². The van der Waals surface area contributed by atoms with E-state index < -0.39 is 17.9 Å². The number of ether oxygens (including phenoxy) is 4. The van der Waals surface area contributed by atoms with Crippen LogP contribution in [0.15, 0.2) is 18.2 Å². The van der Waals surface area contributed by atoms with Crippen molar-refractivity contribution in [3.05, 3.63) is 29.3 Å². The Bertz CT molecular complexity index is 873. The summed E-state index contributed by atoms with van der Waals surface area (Å²) in [6.45, 7) is 2.43. The Labute approximate surface area is 190 Å². The molecule has 2 N–H and O–H groups in total. The molecule has 0 radical (unpaired) electrons. The molecule has 3 amide bonds. The number of nitrogens with zero attached hydrogens (tertiary/aromatic N) is 1. The van der Waals surface area contributed by atoms with E-state index in [-0.39, 0.29) is 44.4 Å². The third-order valence-corrected chi connectivity index (χ3v) is 5.23. The van der Waals surface area contributed by atoms with Gasteiger partial charge < -0.3 is 29.0 Å². The molecule has 1 aromatic rings. The summed E-state index contributed by atoms with van der Waals surface area (Å²) in [5, 5.41) is 10.8. The van der Waals surface area contributed by atoms with E-state index in [9.17, 15) is 19.2 Å². The van der Waals surface area contributed by atoms with Gasteiger partial charge in [0.2, 0.25) is 11.8 Å². The molecule has 1 atom stereocenters. The summed E-state index contributed by atoms with van der Waals surface area (Å²) in [4.78, 5) is 48.2. The Hall–Kier alpha value is -3.02. The fraction of sp³-hybridized carbons (Fsp3) is 0.545. The summed E-state index contributed by atoms with van der Waals surface area (Å²) in [6.07, 6.45) is 0.487. The molecule has 33 heavy (non-hydrogen) atoms. The van der Waals surface area contributed by atoms with Gasteiger partial charge in [-0.3, -0.25) is 24.5 Å². The van der Waals surface area contributed by atoms with Crippen molar-refractivity contribution in [3.8, 4) is 5.75 Å². The molecular weight excluding hydrogens is 436 g/mol. The largest absolute Gasteiger partial charge is 0.491 e. The average Bonchev–Trinajstić information content (AvgIpc) is 3.11. The maximum Gasteiger partial charge on any atom is 0.305 e. The summed E-state index contributed by atoms with van der Waals surface area (Å²) in [5.41, 5.74) is 1.22. The second kappa shape index (κ2) is 12.3. The molecule has 1 saturated heterocycles. The van der Waals surface area contributed by atoms with Crippen molar-refractivity contribution in [3.63, 3.8) is 0 Å². The van der Waals surface area contributed by atoms with Crippen molar-refractivity contribution in [2.24, 2.45) is 0 Å². The highest BCUT2D eigenvalue weighted by atomic mass is 16.6. The molecule has 0 spiro atoms. The van der Waals surface area contributed by atoms with Crippen molar-refractivity contribution < 1.29 is 43.2 Å². The Morgan fingerprint density at radius 2 is 1.67 bits per heavy atom. The third kappa shape index (κ3) is 6.98. The number of carboxylic acids is 1. The Balaban J connectivity index is 1.34. The van der Waals surface area contributed by atoms with Crippen molar-refractivity contribution in [2.45, 2.75) is 31.8 Å². The Morgan fingerprint density at radius 3 is 2.33 bits per heavy atom. The maximum atomic E-state index is 12.8. The van der Waals surface area contributed by atoms with Crippen LogP contribution in [0.3, 0.4) is 0 Å². The van der Waals surface area contributed by atoms with Crippen LogP contribution in [0.25, 0.3) is 0 Å². The van der Waals surface area contributed by atoms with Gasteiger partial charge in [-0.15, -0.1) is 0 Å². The van der Waals surface area contributed by atoms with Crippen molar-refractivity contribution in [1.29, 1.82) is 0 Å². The van der Waals surface area contributed by atoms with E-state index in [1.54, 1.807) is 18.2 Å². The number of hydrogen-bond acceptors (Lipinski definition) is 8. The first-order valence-electron chi connectivity index (χ1n) is 10.8. The van der Waals surface area contributed by atoms with Gasteiger partial charge in [0.05, 0.1) is 52.6 Å². The highest BCUT2D eigenvalue weighted by molar-refractivity contribution is 6.05. The average molecular weight is 464 g/mol. The molecule has 1 unspecified atom stereocenters. The van der Waals surface area contributed by atoms with Crippen LogP contribution in [0.2, 0.25) is 0 Å². The molecule has 11 nitrogen and oxygen atoms in total. The number of carbonyl (C=O) groups excluding carboxylic acids is 3. The minimum Gasteiger partial charge on any atom is -0.491 e. The lowest BCUT2D eigenvalue weighted by molar-refractivity contribution is -0.139. The predicted octanol–water partition coefficient (Wildman–Crippen LogP) is 0.351. The third-order valence-electron chi connectivity index (χ3n) is 5.23. The van der Waals surface area contributed by atoms with E-state index >= 15 is 0 Å². The fourth-order valence-electron chi connectivity index (χ4n) is 3.60. The lowest BCUT2D eigenvalue weighted by atomic mass is 10.0. The lowest BCUT2D eigenvalue weighted by Crippen LogP contribution is -2.52. The summed E-state index contributed by atoms with van der Waals surface area (Å²) in [7, 11) is 0. The van der Waals surface area contributed by atoms with E-state index in [4.69, 9.17) is 24.1 Å². The smallest absolute Gasteiger partial charge is 0.305 e. The predicted molar refractivity (Wildman–Crippen MR) is 113 cm³/mol. The first kappa shape index (κ1) is 24.6. The zero-order valence-corrected chi connectivity index (χ0v) is 18.2. The van der Waals surface area contributed by atoms with Gasteiger partial charge in [0.1, 0.15) is 18.4 Å². The Kier molecular flexibility index (Phi) is 9.16. The second-order valence-corrected chi connectivity index (χ2v) is 7.51. The number of amides is 3. The van der Waals surface area contributed by atoms with Crippen LogP contribution in [-0.2, 0) is 35.1 Å². The fourth-order valence-corrected chi connectivity index (χ4v) is 3.60. The van der Waals surface area contributed by atoms with Crippen LogP contribution >= 0.6 is 0 Å². The number of fused-ring (bicyclic) bond motifs is 1. The van der Waals surface area contributed by atoms with E-state index in [2.05, 4.69) is 5.32 Å². The minimum absolute atomic E-state index is 0.0309. The SMILES string of the molecule is O=C(O)CCOCCOCCOCCOc1cccc2c1CN(C1CCC(=O)NC1=O)C2=O. The van der Waals surface area contributed by atoms with E-state index in [1.165, 1.54) is 4.90 Å². The monoisotopic (exact) mass is 464 g/mol. The number of imide groups is 1. The number of carbonyl (C=O) groups is 4. The van der Waals surface area contributed by atoms with Gasteiger partial charge in [0.15, 0.2) is 0 Å². The van der Waals surface area contributed by atoms with Crippen LogP contribution < -0.4 is 10.1 Å². The van der Waals surface area contributed by atoms with Gasteiger partial charge in [0, 0.05) is 17.5 Å². The summed E-state index contributed by atoms with van der Waals surface area (Å²) >= 11 is 0. The molecular formula is C22H28N2O9. The standard InChI is InChI=1S/C22H28N2O9/c25-19-5-4-17(21(28)23-19)24-14-16-15(22(24)29)2-1-3-18(16)33-13-12-32-11-10-31-9-8-30-7-6-20(26)27/h1-3,17H,4-14H2,(H,26,27)(H,23,25,28). The molecule has 0 saturated carbocycles. The van der Waals surface area contributed by atoms with Gasteiger partial charge in [-0.05, 0) is 18.6 Å². The van der Waals surface area contributed by atoms with E-state index in [1.807, 2.05) is 0 Å². The van der Waals surface area contributed by atoms with Crippen LogP contribution in [0.4, 0.5) is 0 Å². The van der Waals surface area contributed by atoms with Crippen LogP contribution in [0, 0.1) is 0 Å². The summed E-state index contributed by atoms with van der Waals surface area (Å²) in [6, 6.07) is 4.54. The number of aliphatic carboxylic acids is 1. The molecule has 0 aliphatic carbocycles. The summed E-state index contributed by atoms with van der Waals surface area (Å²) in [5.74, 6) is -1.35. The van der Waals surface area contributed by atoms with Crippen molar-refractivity contribution in [1.82, 2.24) is 10.2 Å². The number of benzene rings is 1. The lowest BCUT2D eigenvalue weighted by Gasteiger charge is -2.29. The van der Waals surface area contributed by atoms with E-state index in [0.717, 1.165) is 5.56 Å². The first-order valence-corrected chi connectivity index (χ1v) is 10.8. The van der Waals surface area contributed by atoms with Crippen molar-refractivity contribution >= 4 is 23.7 Å². The molecule has 11 heteroatoms. The molecule has 1 fully saturated rings. The number of rotatable bonds is 14. The zero-order valence-electron chi connectivity index (χ0n) is 18.2. The minimum atomic E-state index is -0.898. The number of carboxylic acid groups (broad SMARTS) is 1. The zero-order chi connectivity index (χ0) is 23.6.